The summed E-state index contributed by atoms with van der Waals surface area (Å²) in [6, 6.07) is 5.06. The highest BCUT2D eigenvalue weighted by atomic mass is 16.5. The molecular formula is C12H16N2O3. The van der Waals surface area contributed by atoms with Crippen LogP contribution in [0.2, 0.25) is 0 Å². The zero-order valence-electron chi connectivity index (χ0n) is 9.68. The highest BCUT2D eigenvalue weighted by molar-refractivity contribution is 5.95. The molecule has 1 heterocycles. The highest BCUT2D eigenvalue weighted by Gasteiger charge is 2.43. The van der Waals surface area contributed by atoms with E-state index in [1.54, 1.807) is 25.1 Å². The minimum absolute atomic E-state index is 0.258. The minimum atomic E-state index is -1.50. The van der Waals surface area contributed by atoms with Gasteiger partial charge in [-0.2, -0.15) is 5.06 Å². The van der Waals surface area contributed by atoms with Crippen molar-refractivity contribution in [3.63, 3.8) is 0 Å². The number of amides is 1. The summed E-state index contributed by atoms with van der Waals surface area (Å²) in [6.45, 7) is 2.16. The first-order valence-electron chi connectivity index (χ1n) is 5.55. The summed E-state index contributed by atoms with van der Waals surface area (Å²) in [5.74, 6) is -0.600. The Morgan fingerprint density at radius 1 is 1.53 bits per heavy atom. The van der Waals surface area contributed by atoms with Crippen molar-refractivity contribution >= 4 is 5.91 Å². The summed E-state index contributed by atoms with van der Waals surface area (Å²) in [6.07, 6.45) is 1.05. The summed E-state index contributed by atoms with van der Waals surface area (Å²) in [5.41, 5.74) is 5.21. The molecule has 92 valence electrons. The Balaban J connectivity index is 2.61. The van der Waals surface area contributed by atoms with Gasteiger partial charge in [0.2, 0.25) is 5.91 Å². The number of hydrogen-bond donors (Lipinski definition) is 3. The molecule has 2 rings (SSSR count). The number of carbonyl (C=O) groups is 1. The molecule has 17 heavy (non-hydrogen) atoms. The molecule has 0 aliphatic carbocycles. The lowest BCUT2D eigenvalue weighted by atomic mass is 9.91. The van der Waals surface area contributed by atoms with Crippen molar-refractivity contribution in [1.29, 1.82) is 0 Å². The van der Waals surface area contributed by atoms with Gasteiger partial charge in [-0.1, -0.05) is 12.1 Å². The van der Waals surface area contributed by atoms with Crippen LogP contribution in [0.15, 0.2) is 18.2 Å². The minimum Gasteiger partial charge on any atom is -0.369 e. The van der Waals surface area contributed by atoms with Crippen molar-refractivity contribution in [2.45, 2.75) is 25.5 Å². The molecule has 1 amide bonds. The van der Waals surface area contributed by atoms with Crippen LogP contribution in [-0.2, 0) is 5.72 Å². The van der Waals surface area contributed by atoms with Gasteiger partial charge in [-0.15, -0.1) is 0 Å². The van der Waals surface area contributed by atoms with Gasteiger partial charge in [0.1, 0.15) is 0 Å². The number of carbonyl (C=O) groups excluding carboxylic acids is 1. The predicted octanol–water partition coefficient (Wildman–Crippen LogP) is 0.724. The molecule has 1 aromatic carbocycles. The molecule has 0 aromatic heterocycles. The van der Waals surface area contributed by atoms with Gasteiger partial charge < -0.3 is 16.0 Å². The largest absolute Gasteiger partial charge is 0.369 e. The highest BCUT2D eigenvalue weighted by Crippen LogP contribution is 2.38. The number of aliphatic hydroxyl groups is 1. The maximum absolute atomic E-state index is 11.4. The maximum atomic E-state index is 11.4. The van der Waals surface area contributed by atoms with Crippen LogP contribution in [0.1, 0.15) is 34.3 Å². The first-order chi connectivity index (χ1) is 7.97. The summed E-state index contributed by atoms with van der Waals surface area (Å²) >= 11 is 0. The van der Waals surface area contributed by atoms with Gasteiger partial charge in [-0.05, 0) is 31.4 Å². The Labute approximate surface area is 99.4 Å². The van der Waals surface area contributed by atoms with Gasteiger partial charge in [0.05, 0.1) is 0 Å². The van der Waals surface area contributed by atoms with Gasteiger partial charge in [-0.25, -0.2) is 0 Å². The third-order valence-corrected chi connectivity index (χ3v) is 3.26. The molecule has 0 spiro atoms. The quantitative estimate of drug-likeness (QED) is 0.706. The van der Waals surface area contributed by atoms with Crippen molar-refractivity contribution in [2.24, 2.45) is 5.73 Å². The van der Waals surface area contributed by atoms with Gasteiger partial charge in [-0.3, -0.25) is 4.79 Å². The van der Waals surface area contributed by atoms with E-state index in [2.05, 4.69) is 0 Å². The molecule has 0 radical (unpaired) electrons. The molecule has 0 saturated carbocycles. The smallest absolute Gasteiger partial charge is 0.249 e. The molecule has 1 aliphatic heterocycles. The van der Waals surface area contributed by atoms with E-state index in [9.17, 15) is 15.1 Å². The lowest BCUT2D eigenvalue weighted by Gasteiger charge is -2.31. The van der Waals surface area contributed by atoms with E-state index in [-0.39, 0.29) is 5.56 Å². The Kier molecular flexibility index (Phi) is 2.91. The average Bonchev–Trinajstić information content (AvgIpc) is 2.59. The van der Waals surface area contributed by atoms with E-state index in [0.717, 1.165) is 10.6 Å². The van der Waals surface area contributed by atoms with E-state index in [0.29, 0.717) is 24.9 Å². The number of benzene rings is 1. The molecule has 1 aliphatic rings. The first kappa shape index (κ1) is 12.0. The normalized spacial score (nSPS) is 25.1. The summed E-state index contributed by atoms with van der Waals surface area (Å²) in [4.78, 5) is 11.4. The second-order valence-corrected chi connectivity index (χ2v) is 4.41. The van der Waals surface area contributed by atoms with Crippen molar-refractivity contribution in [3.05, 3.63) is 34.9 Å². The number of aryl methyl sites for hydroxylation is 1. The van der Waals surface area contributed by atoms with Crippen LogP contribution in [0.25, 0.3) is 0 Å². The average molecular weight is 236 g/mol. The molecule has 5 nitrogen and oxygen atoms in total. The monoisotopic (exact) mass is 236 g/mol. The lowest BCUT2D eigenvalue weighted by molar-refractivity contribution is -0.245. The molecule has 1 unspecified atom stereocenters. The zero-order valence-corrected chi connectivity index (χ0v) is 9.68. The van der Waals surface area contributed by atoms with Crippen molar-refractivity contribution in [1.82, 2.24) is 5.06 Å². The van der Waals surface area contributed by atoms with Crippen LogP contribution >= 0.6 is 0 Å². The van der Waals surface area contributed by atoms with Crippen molar-refractivity contribution in [2.75, 3.05) is 6.54 Å². The number of primary amides is 1. The van der Waals surface area contributed by atoms with E-state index in [1.165, 1.54) is 0 Å². The number of nitrogens with two attached hydrogens (primary N) is 1. The Morgan fingerprint density at radius 2 is 2.24 bits per heavy atom. The molecule has 5 heteroatoms. The fraction of sp³-hybridized carbons (Fsp3) is 0.417. The number of rotatable bonds is 2. The zero-order chi connectivity index (χ0) is 12.6. The third kappa shape index (κ3) is 1.82. The topological polar surface area (TPSA) is 86.8 Å². The van der Waals surface area contributed by atoms with E-state index < -0.39 is 11.6 Å². The van der Waals surface area contributed by atoms with Crippen LogP contribution in [-0.4, -0.2) is 27.8 Å². The standard InChI is InChI=1S/C12H16N2O3/c1-8-4-2-5-9(11(13)15)10(8)12(16)6-3-7-14(12)17/h2,4-5,16-17H,3,6-7H2,1H3,(H2,13,15). The Morgan fingerprint density at radius 3 is 2.76 bits per heavy atom. The molecule has 1 atom stereocenters. The van der Waals surface area contributed by atoms with Gasteiger partial charge >= 0.3 is 0 Å². The SMILES string of the molecule is Cc1cccc(C(N)=O)c1C1(O)CCCN1O. The van der Waals surface area contributed by atoms with E-state index >= 15 is 0 Å². The van der Waals surface area contributed by atoms with Crippen LogP contribution in [0, 0.1) is 6.92 Å². The van der Waals surface area contributed by atoms with E-state index in [1.807, 2.05) is 0 Å². The second-order valence-electron chi connectivity index (χ2n) is 4.41. The number of nitrogens with zero attached hydrogens (tertiary/aromatic N) is 1. The van der Waals surface area contributed by atoms with Crippen LogP contribution < -0.4 is 5.73 Å². The van der Waals surface area contributed by atoms with Gasteiger partial charge in [0.15, 0.2) is 5.72 Å². The fourth-order valence-electron chi connectivity index (χ4n) is 2.45. The predicted molar refractivity (Wildman–Crippen MR) is 61.3 cm³/mol. The fourth-order valence-corrected chi connectivity index (χ4v) is 2.45. The molecule has 1 fully saturated rings. The third-order valence-electron chi connectivity index (χ3n) is 3.26. The number of hydroxylamine groups is 2. The maximum Gasteiger partial charge on any atom is 0.249 e. The van der Waals surface area contributed by atoms with Crippen molar-refractivity contribution < 1.29 is 15.1 Å². The molecule has 1 saturated heterocycles. The van der Waals surface area contributed by atoms with Gasteiger partial charge in [0, 0.05) is 17.7 Å². The Bertz CT molecular complexity index is 461. The van der Waals surface area contributed by atoms with Crippen LogP contribution in [0.4, 0.5) is 0 Å². The van der Waals surface area contributed by atoms with E-state index in [4.69, 9.17) is 5.73 Å². The summed E-state index contributed by atoms with van der Waals surface area (Å²) in [5, 5.41) is 21.2. The van der Waals surface area contributed by atoms with Crippen LogP contribution in [0.5, 0.6) is 0 Å². The Hall–Kier alpha value is -1.43. The second kappa shape index (κ2) is 4.10. The summed E-state index contributed by atoms with van der Waals surface area (Å²) < 4.78 is 0. The first-order valence-corrected chi connectivity index (χ1v) is 5.55. The summed E-state index contributed by atoms with van der Waals surface area (Å²) in [7, 11) is 0. The number of hydrogen-bond acceptors (Lipinski definition) is 4. The molecule has 4 N–H and O–H groups in total. The molecular weight excluding hydrogens is 220 g/mol. The molecule has 1 aromatic rings. The lowest BCUT2D eigenvalue weighted by Crippen LogP contribution is -2.41. The van der Waals surface area contributed by atoms with Crippen molar-refractivity contribution in [3.8, 4) is 0 Å². The van der Waals surface area contributed by atoms with Crippen LogP contribution in [0.3, 0.4) is 0 Å². The molecule has 0 bridgehead atoms. The van der Waals surface area contributed by atoms with Gasteiger partial charge in [0.25, 0.3) is 0 Å².